The van der Waals surface area contributed by atoms with Crippen molar-refractivity contribution in [2.75, 3.05) is 13.7 Å². The standard InChI is InChI=1S/C17H26O4/c1-7-21-17(19)15(18)12-8-13(10(2)3)16(20-6)14(9-12)11(4)5/h8-11,15,18H,7H2,1-6H3. The first kappa shape index (κ1) is 17.5. The second kappa shape index (κ2) is 7.46. The number of benzene rings is 1. The number of carbonyl (C=O) groups is 1. The molecule has 0 aliphatic rings. The van der Waals surface area contributed by atoms with Crippen LogP contribution in [0.3, 0.4) is 0 Å². The second-order valence-electron chi connectivity index (χ2n) is 5.70. The normalized spacial score (nSPS) is 12.6. The van der Waals surface area contributed by atoms with Gasteiger partial charge < -0.3 is 14.6 Å². The summed E-state index contributed by atoms with van der Waals surface area (Å²) in [5, 5.41) is 10.2. The molecule has 0 fully saturated rings. The van der Waals surface area contributed by atoms with Crippen molar-refractivity contribution >= 4 is 5.97 Å². The SMILES string of the molecule is CCOC(=O)C(O)c1cc(C(C)C)c(OC)c(C(C)C)c1. The van der Waals surface area contributed by atoms with Gasteiger partial charge in [-0.1, -0.05) is 27.7 Å². The minimum absolute atomic E-state index is 0.229. The van der Waals surface area contributed by atoms with Gasteiger partial charge in [0.2, 0.25) is 0 Å². The Hall–Kier alpha value is -1.55. The molecule has 0 heterocycles. The molecule has 0 bridgehead atoms. The van der Waals surface area contributed by atoms with E-state index in [9.17, 15) is 9.90 Å². The number of rotatable bonds is 6. The molecule has 0 aromatic heterocycles. The van der Waals surface area contributed by atoms with Gasteiger partial charge in [-0.2, -0.15) is 0 Å². The van der Waals surface area contributed by atoms with Gasteiger partial charge in [-0.05, 0) is 47.6 Å². The molecule has 0 saturated heterocycles. The molecule has 1 aromatic carbocycles. The summed E-state index contributed by atoms with van der Waals surface area (Å²) < 4.78 is 10.4. The molecule has 1 N–H and O–H groups in total. The smallest absolute Gasteiger partial charge is 0.339 e. The largest absolute Gasteiger partial charge is 0.496 e. The molecule has 0 spiro atoms. The predicted octanol–water partition coefficient (Wildman–Crippen LogP) is 3.54. The van der Waals surface area contributed by atoms with Gasteiger partial charge in [0.05, 0.1) is 13.7 Å². The monoisotopic (exact) mass is 294 g/mol. The summed E-state index contributed by atoms with van der Waals surface area (Å²) in [5.74, 6) is 0.672. The lowest BCUT2D eigenvalue weighted by Gasteiger charge is -2.21. The number of aliphatic hydroxyl groups excluding tert-OH is 1. The molecule has 0 amide bonds. The number of aliphatic hydroxyl groups is 1. The topological polar surface area (TPSA) is 55.8 Å². The Balaban J connectivity index is 3.38. The number of carbonyl (C=O) groups excluding carboxylic acids is 1. The van der Waals surface area contributed by atoms with Gasteiger partial charge >= 0.3 is 5.97 Å². The first-order valence-corrected chi connectivity index (χ1v) is 7.39. The number of hydrogen-bond donors (Lipinski definition) is 1. The highest BCUT2D eigenvalue weighted by atomic mass is 16.5. The van der Waals surface area contributed by atoms with Crippen molar-refractivity contribution in [3.8, 4) is 5.75 Å². The van der Waals surface area contributed by atoms with Crippen LogP contribution < -0.4 is 4.74 Å². The molecular weight excluding hydrogens is 268 g/mol. The first-order valence-electron chi connectivity index (χ1n) is 7.39. The summed E-state index contributed by atoms with van der Waals surface area (Å²) in [4.78, 5) is 11.8. The van der Waals surface area contributed by atoms with Crippen molar-refractivity contribution in [3.63, 3.8) is 0 Å². The van der Waals surface area contributed by atoms with Crippen molar-refractivity contribution in [3.05, 3.63) is 28.8 Å². The number of hydrogen-bond acceptors (Lipinski definition) is 4. The molecule has 0 aliphatic heterocycles. The van der Waals surface area contributed by atoms with E-state index in [4.69, 9.17) is 9.47 Å². The Labute approximate surface area is 127 Å². The maximum Gasteiger partial charge on any atom is 0.339 e. The average Bonchev–Trinajstić information content (AvgIpc) is 2.44. The lowest BCUT2D eigenvalue weighted by Crippen LogP contribution is -2.16. The van der Waals surface area contributed by atoms with Crippen LogP contribution in [0, 0.1) is 0 Å². The zero-order valence-electron chi connectivity index (χ0n) is 13.8. The fourth-order valence-corrected chi connectivity index (χ4v) is 2.31. The van der Waals surface area contributed by atoms with Crippen LogP contribution in [0.5, 0.6) is 5.75 Å². The third-order valence-electron chi connectivity index (χ3n) is 3.44. The van der Waals surface area contributed by atoms with E-state index in [0.717, 1.165) is 16.9 Å². The van der Waals surface area contributed by atoms with E-state index in [2.05, 4.69) is 27.7 Å². The zero-order chi connectivity index (χ0) is 16.2. The van der Waals surface area contributed by atoms with Gasteiger partial charge in [0.25, 0.3) is 0 Å². The zero-order valence-corrected chi connectivity index (χ0v) is 13.8. The van der Waals surface area contributed by atoms with E-state index in [0.29, 0.717) is 5.56 Å². The fourth-order valence-electron chi connectivity index (χ4n) is 2.31. The molecule has 1 atom stereocenters. The Bertz CT molecular complexity index is 463. The van der Waals surface area contributed by atoms with E-state index in [-0.39, 0.29) is 18.4 Å². The van der Waals surface area contributed by atoms with Crippen LogP contribution in [0.2, 0.25) is 0 Å². The Kier molecular flexibility index (Phi) is 6.21. The first-order chi connectivity index (χ1) is 9.83. The molecule has 1 rings (SSSR count). The van der Waals surface area contributed by atoms with Crippen molar-refractivity contribution < 1.29 is 19.4 Å². The quantitative estimate of drug-likeness (QED) is 0.815. The Morgan fingerprint density at radius 2 is 1.62 bits per heavy atom. The molecule has 0 aliphatic carbocycles. The molecule has 1 aromatic rings. The van der Waals surface area contributed by atoms with Gasteiger partial charge in [-0.25, -0.2) is 4.79 Å². The van der Waals surface area contributed by atoms with E-state index < -0.39 is 12.1 Å². The molecule has 118 valence electrons. The van der Waals surface area contributed by atoms with Crippen LogP contribution in [-0.2, 0) is 9.53 Å². The van der Waals surface area contributed by atoms with Crippen LogP contribution in [0.4, 0.5) is 0 Å². The van der Waals surface area contributed by atoms with Crippen molar-refractivity contribution in [2.45, 2.75) is 52.6 Å². The van der Waals surface area contributed by atoms with Crippen LogP contribution >= 0.6 is 0 Å². The van der Waals surface area contributed by atoms with Crippen LogP contribution in [0.1, 0.15) is 69.2 Å². The highest BCUT2D eigenvalue weighted by Crippen LogP contribution is 2.37. The third kappa shape index (κ3) is 3.97. The fraction of sp³-hybridized carbons (Fsp3) is 0.588. The van der Waals surface area contributed by atoms with Crippen molar-refractivity contribution in [1.29, 1.82) is 0 Å². The Morgan fingerprint density at radius 3 is 1.95 bits per heavy atom. The van der Waals surface area contributed by atoms with E-state index in [1.54, 1.807) is 14.0 Å². The maximum absolute atomic E-state index is 11.8. The third-order valence-corrected chi connectivity index (χ3v) is 3.44. The lowest BCUT2D eigenvalue weighted by atomic mass is 9.90. The van der Waals surface area contributed by atoms with Gasteiger partial charge in [-0.3, -0.25) is 0 Å². The van der Waals surface area contributed by atoms with Crippen molar-refractivity contribution in [1.82, 2.24) is 0 Å². The minimum atomic E-state index is -1.26. The number of methoxy groups -OCH3 is 1. The van der Waals surface area contributed by atoms with Crippen LogP contribution in [-0.4, -0.2) is 24.8 Å². The van der Waals surface area contributed by atoms with Gasteiger partial charge in [-0.15, -0.1) is 0 Å². The average molecular weight is 294 g/mol. The summed E-state index contributed by atoms with van der Waals surface area (Å²) in [6, 6.07) is 3.66. The van der Waals surface area contributed by atoms with Gasteiger partial charge in [0.15, 0.2) is 6.10 Å². The number of esters is 1. The minimum Gasteiger partial charge on any atom is -0.496 e. The molecule has 4 nitrogen and oxygen atoms in total. The lowest BCUT2D eigenvalue weighted by molar-refractivity contribution is -0.153. The summed E-state index contributed by atoms with van der Waals surface area (Å²) in [6.45, 7) is 10.2. The molecule has 1 unspecified atom stereocenters. The summed E-state index contributed by atoms with van der Waals surface area (Å²) in [6.07, 6.45) is -1.26. The van der Waals surface area contributed by atoms with Crippen molar-refractivity contribution in [2.24, 2.45) is 0 Å². The highest BCUT2D eigenvalue weighted by Gasteiger charge is 2.24. The molecule has 4 heteroatoms. The highest BCUT2D eigenvalue weighted by molar-refractivity contribution is 5.76. The molecular formula is C17H26O4. The second-order valence-corrected chi connectivity index (χ2v) is 5.70. The maximum atomic E-state index is 11.8. The molecule has 0 saturated carbocycles. The molecule has 21 heavy (non-hydrogen) atoms. The van der Waals surface area contributed by atoms with Crippen LogP contribution in [0.15, 0.2) is 12.1 Å². The van der Waals surface area contributed by atoms with Gasteiger partial charge in [0.1, 0.15) is 5.75 Å². The Morgan fingerprint density at radius 1 is 1.14 bits per heavy atom. The van der Waals surface area contributed by atoms with Crippen LogP contribution in [0.25, 0.3) is 0 Å². The van der Waals surface area contributed by atoms with E-state index >= 15 is 0 Å². The molecule has 0 radical (unpaired) electrons. The van der Waals surface area contributed by atoms with Gasteiger partial charge in [0, 0.05) is 0 Å². The summed E-state index contributed by atoms with van der Waals surface area (Å²) in [5.41, 5.74) is 2.53. The summed E-state index contributed by atoms with van der Waals surface area (Å²) in [7, 11) is 1.65. The summed E-state index contributed by atoms with van der Waals surface area (Å²) >= 11 is 0. The van der Waals surface area contributed by atoms with E-state index in [1.807, 2.05) is 12.1 Å². The number of ether oxygens (including phenoxy) is 2. The predicted molar refractivity (Wildman–Crippen MR) is 82.8 cm³/mol. The van der Waals surface area contributed by atoms with E-state index in [1.165, 1.54) is 0 Å².